The Bertz CT molecular complexity index is 610. The lowest BCUT2D eigenvalue weighted by molar-refractivity contribution is 0.605. The van der Waals surface area contributed by atoms with Gasteiger partial charge in [0.15, 0.2) is 0 Å². The second kappa shape index (κ2) is 5.41. The van der Waals surface area contributed by atoms with Gasteiger partial charge in [-0.25, -0.2) is 8.42 Å². The number of aromatic nitrogens is 2. The van der Waals surface area contributed by atoms with Gasteiger partial charge in [-0.15, -0.1) is 11.6 Å². The van der Waals surface area contributed by atoms with Gasteiger partial charge in [0.2, 0.25) is 10.0 Å². The van der Waals surface area contributed by atoms with Crippen LogP contribution in [0.25, 0.3) is 0 Å². The number of alkyl halides is 1. The highest BCUT2D eigenvalue weighted by atomic mass is 35.5. The number of anilines is 1. The number of sulfonamides is 1. The molecule has 5 nitrogen and oxygen atoms in total. The topological polar surface area (TPSA) is 64.0 Å². The van der Waals surface area contributed by atoms with Crippen molar-refractivity contribution in [2.45, 2.75) is 6.54 Å². The third-order valence-electron chi connectivity index (χ3n) is 2.24. The maximum atomic E-state index is 11.3. The van der Waals surface area contributed by atoms with Crippen molar-refractivity contribution in [1.29, 1.82) is 0 Å². The van der Waals surface area contributed by atoms with E-state index in [0.717, 1.165) is 5.56 Å². The quantitative estimate of drug-likeness (QED) is 0.853. The summed E-state index contributed by atoms with van der Waals surface area (Å²) in [5.74, 6) is 0. The molecule has 1 heterocycles. The summed E-state index contributed by atoms with van der Waals surface area (Å²) in [6.07, 6.45) is 3.07. The number of hydrogen-bond acceptors (Lipinski definition) is 3. The van der Waals surface area contributed by atoms with Crippen LogP contribution in [0.3, 0.4) is 0 Å². The standard InChI is InChI=1S/C11H12ClN3O2S/c12-9-18(16,17)14-11-6-13-15(8-11)7-10-4-2-1-3-5-10/h1-6,8,14H,7,9H2. The Hall–Kier alpha value is -1.53. The van der Waals surface area contributed by atoms with Crippen LogP contribution < -0.4 is 4.72 Å². The molecule has 0 bridgehead atoms. The van der Waals surface area contributed by atoms with Crippen LogP contribution in [0.2, 0.25) is 0 Å². The number of benzene rings is 1. The summed E-state index contributed by atoms with van der Waals surface area (Å²) in [5, 5.41) is 3.60. The van der Waals surface area contributed by atoms with Gasteiger partial charge in [0.1, 0.15) is 5.21 Å². The van der Waals surface area contributed by atoms with E-state index in [2.05, 4.69) is 9.82 Å². The summed E-state index contributed by atoms with van der Waals surface area (Å²) < 4.78 is 26.5. The van der Waals surface area contributed by atoms with Crippen LogP contribution in [-0.4, -0.2) is 23.4 Å². The van der Waals surface area contributed by atoms with E-state index in [1.54, 1.807) is 10.9 Å². The SMILES string of the molecule is O=S(=O)(CCl)Nc1cnn(Cc2ccccc2)c1. The van der Waals surface area contributed by atoms with Gasteiger partial charge in [0.05, 0.1) is 18.4 Å². The highest BCUT2D eigenvalue weighted by Crippen LogP contribution is 2.10. The molecule has 0 fully saturated rings. The number of hydrogen-bond donors (Lipinski definition) is 1. The van der Waals surface area contributed by atoms with Crippen molar-refractivity contribution in [3.63, 3.8) is 0 Å². The van der Waals surface area contributed by atoms with Crippen LogP contribution in [0.5, 0.6) is 0 Å². The van der Waals surface area contributed by atoms with E-state index in [1.165, 1.54) is 6.20 Å². The molecule has 0 atom stereocenters. The highest BCUT2D eigenvalue weighted by molar-refractivity contribution is 7.93. The molecule has 0 amide bonds. The van der Waals surface area contributed by atoms with Crippen LogP contribution in [0, 0.1) is 0 Å². The van der Waals surface area contributed by atoms with Crippen molar-refractivity contribution in [2.75, 3.05) is 9.93 Å². The molecule has 96 valence electrons. The fourth-order valence-corrected chi connectivity index (χ4v) is 2.16. The molecule has 0 radical (unpaired) electrons. The third kappa shape index (κ3) is 3.48. The predicted octanol–water partition coefficient (Wildman–Crippen LogP) is 1.87. The molecule has 0 saturated heterocycles. The van der Waals surface area contributed by atoms with Crippen molar-refractivity contribution < 1.29 is 8.42 Å². The minimum atomic E-state index is -3.47. The van der Waals surface area contributed by atoms with Gasteiger partial charge in [0.25, 0.3) is 0 Å². The lowest BCUT2D eigenvalue weighted by Crippen LogP contribution is -2.12. The Labute approximate surface area is 110 Å². The van der Waals surface area contributed by atoms with Crippen molar-refractivity contribution in [3.05, 3.63) is 48.3 Å². The Morgan fingerprint density at radius 1 is 1.28 bits per heavy atom. The Morgan fingerprint density at radius 2 is 2.00 bits per heavy atom. The normalized spacial score (nSPS) is 11.4. The minimum Gasteiger partial charge on any atom is -0.279 e. The highest BCUT2D eigenvalue weighted by Gasteiger charge is 2.09. The number of nitrogens with one attached hydrogen (secondary N) is 1. The average Bonchev–Trinajstić information content (AvgIpc) is 2.77. The van der Waals surface area contributed by atoms with Gasteiger partial charge in [-0.3, -0.25) is 9.40 Å². The van der Waals surface area contributed by atoms with Crippen molar-refractivity contribution in [2.24, 2.45) is 0 Å². The molecular weight excluding hydrogens is 274 g/mol. The zero-order valence-electron chi connectivity index (χ0n) is 9.45. The lowest BCUT2D eigenvalue weighted by atomic mass is 10.2. The van der Waals surface area contributed by atoms with Crippen molar-refractivity contribution in [1.82, 2.24) is 9.78 Å². The third-order valence-corrected chi connectivity index (χ3v) is 3.93. The first-order valence-electron chi connectivity index (χ1n) is 5.22. The lowest BCUT2D eigenvalue weighted by Gasteiger charge is -2.02. The maximum Gasteiger partial charge on any atom is 0.246 e. The fourth-order valence-electron chi connectivity index (χ4n) is 1.48. The molecule has 1 aromatic heterocycles. The zero-order valence-corrected chi connectivity index (χ0v) is 11.0. The molecule has 0 aliphatic rings. The van der Waals surface area contributed by atoms with Crippen LogP contribution in [0.1, 0.15) is 5.56 Å². The van der Waals surface area contributed by atoms with E-state index >= 15 is 0 Å². The number of halogens is 1. The van der Waals surface area contributed by atoms with Crippen LogP contribution in [0.4, 0.5) is 5.69 Å². The van der Waals surface area contributed by atoms with Gasteiger partial charge >= 0.3 is 0 Å². The first-order chi connectivity index (χ1) is 8.59. The molecule has 2 rings (SSSR count). The maximum absolute atomic E-state index is 11.3. The van der Waals surface area contributed by atoms with Gasteiger partial charge in [-0.05, 0) is 5.56 Å². The molecule has 0 aliphatic carbocycles. The van der Waals surface area contributed by atoms with Gasteiger partial charge in [-0.2, -0.15) is 5.10 Å². The van der Waals surface area contributed by atoms with Crippen LogP contribution in [0.15, 0.2) is 42.7 Å². The number of rotatable bonds is 5. The average molecular weight is 286 g/mol. The number of nitrogens with zero attached hydrogens (tertiary/aromatic N) is 2. The van der Waals surface area contributed by atoms with Crippen molar-refractivity contribution in [3.8, 4) is 0 Å². The summed E-state index contributed by atoms with van der Waals surface area (Å²) >= 11 is 5.30. The molecule has 0 unspecified atom stereocenters. The van der Waals surface area contributed by atoms with E-state index in [0.29, 0.717) is 12.2 Å². The summed E-state index contributed by atoms with van der Waals surface area (Å²) in [6, 6.07) is 9.77. The molecule has 0 saturated carbocycles. The molecular formula is C11H12ClN3O2S. The summed E-state index contributed by atoms with van der Waals surface area (Å²) in [6.45, 7) is 0.587. The fraction of sp³-hybridized carbons (Fsp3) is 0.182. The monoisotopic (exact) mass is 285 g/mol. The first kappa shape index (κ1) is 12.9. The molecule has 18 heavy (non-hydrogen) atoms. The second-order valence-electron chi connectivity index (χ2n) is 3.74. The van der Waals surface area contributed by atoms with Gasteiger partial charge < -0.3 is 0 Å². The summed E-state index contributed by atoms with van der Waals surface area (Å²) in [4.78, 5) is 0. The Balaban J connectivity index is 2.07. The van der Waals surface area contributed by atoms with Gasteiger partial charge in [-0.1, -0.05) is 30.3 Å². The Morgan fingerprint density at radius 3 is 2.67 bits per heavy atom. The molecule has 0 spiro atoms. The largest absolute Gasteiger partial charge is 0.279 e. The van der Waals surface area contributed by atoms with E-state index in [4.69, 9.17) is 11.6 Å². The van der Waals surface area contributed by atoms with Crippen LogP contribution >= 0.6 is 11.6 Å². The molecule has 0 aliphatic heterocycles. The second-order valence-corrected chi connectivity index (χ2v) is 6.04. The first-order valence-corrected chi connectivity index (χ1v) is 7.40. The summed E-state index contributed by atoms with van der Waals surface area (Å²) in [7, 11) is -3.47. The van der Waals surface area contributed by atoms with E-state index in [1.807, 2.05) is 30.3 Å². The Kier molecular flexibility index (Phi) is 3.88. The summed E-state index contributed by atoms with van der Waals surface area (Å²) in [5.41, 5.74) is 1.50. The van der Waals surface area contributed by atoms with E-state index < -0.39 is 15.2 Å². The predicted molar refractivity (Wildman–Crippen MR) is 71.0 cm³/mol. The van der Waals surface area contributed by atoms with Crippen LogP contribution in [-0.2, 0) is 16.6 Å². The van der Waals surface area contributed by atoms with E-state index in [-0.39, 0.29) is 0 Å². The van der Waals surface area contributed by atoms with Crippen molar-refractivity contribution >= 4 is 27.3 Å². The van der Waals surface area contributed by atoms with E-state index in [9.17, 15) is 8.42 Å². The molecule has 1 aromatic carbocycles. The molecule has 1 N–H and O–H groups in total. The van der Waals surface area contributed by atoms with Gasteiger partial charge in [0, 0.05) is 6.20 Å². The smallest absolute Gasteiger partial charge is 0.246 e. The zero-order chi connectivity index (χ0) is 13.0. The molecule has 2 aromatic rings. The molecule has 7 heteroatoms. The minimum absolute atomic E-state index is 0.409.